The van der Waals surface area contributed by atoms with Crippen molar-refractivity contribution in [2.24, 2.45) is 0 Å². The summed E-state index contributed by atoms with van der Waals surface area (Å²) in [5.41, 5.74) is 3.74. The van der Waals surface area contributed by atoms with Crippen LogP contribution in [0.3, 0.4) is 0 Å². The van der Waals surface area contributed by atoms with Gasteiger partial charge in [0.05, 0.1) is 18.6 Å². The molecule has 174 valence electrons. The molecule has 9 heteroatoms. The Morgan fingerprint density at radius 3 is 2.36 bits per heavy atom. The SMILES string of the molecule is COCc1nc(-c2ccccc2)nc(N2CCN(S(C)(=O)=O)CC2)c1Cc1cccc(Cl)c1. The Hall–Kier alpha value is -2.52. The summed E-state index contributed by atoms with van der Waals surface area (Å²) in [7, 11) is -1.57. The van der Waals surface area contributed by atoms with Gasteiger partial charge < -0.3 is 9.64 Å². The summed E-state index contributed by atoms with van der Waals surface area (Å²) in [5.74, 6) is 1.43. The molecule has 0 unspecified atom stereocenters. The normalized spacial score (nSPS) is 15.1. The maximum Gasteiger partial charge on any atom is 0.211 e. The highest BCUT2D eigenvalue weighted by molar-refractivity contribution is 7.88. The molecule has 0 radical (unpaired) electrons. The summed E-state index contributed by atoms with van der Waals surface area (Å²) in [6, 6.07) is 17.6. The van der Waals surface area contributed by atoms with E-state index in [1.807, 2.05) is 54.6 Å². The predicted molar refractivity (Wildman–Crippen MR) is 131 cm³/mol. The molecule has 2 heterocycles. The molecule has 1 aliphatic heterocycles. The van der Waals surface area contributed by atoms with Crippen LogP contribution in [0.5, 0.6) is 0 Å². The number of rotatable bonds is 7. The Kier molecular flexibility index (Phi) is 7.29. The molecule has 0 spiro atoms. The van der Waals surface area contributed by atoms with Gasteiger partial charge in [-0.05, 0) is 17.7 Å². The van der Waals surface area contributed by atoms with Crippen LogP contribution in [0.25, 0.3) is 11.4 Å². The molecule has 1 aliphatic rings. The Labute approximate surface area is 200 Å². The zero-order chi connectivity index (χ0) is 23.4. The average molecular weight is 487 g/mol. The van der Waals surface area contributed by atoms with E-state index in [-0.39, 0.29) is 0 Å². The van der Waals surface area contributed by atoms with Crippen molar-refractivity contribution in [1.82, 2.24) is 14.3 Å². The third-order valence-corrected chi connectivity index (χ3v) is 7.20. The standard InChI is InChI=1S/C24H27ClN4O3S/c1-32-17-22-21(16-18-7-6-10-20(25)15-18)24(27-23(26-22)19-8-4-3-5-9-19)28-11-13-29(14-12-28)33(2,30)31/h3-10,15H,11-14,16-17H2,1-2H3. The van der Waals surface area contributed by atoms with Crippen LogP contribution in [0.2, 0.25) is 5.02 Å². The minimum absolute atomic E-state index is 0.342. The number of hydrogen-bond donors (Lipinski definition) is 0. The summed E-state index contributed by atoms with van der Waals surface area (Å²) in [6.45, 7) is 2.27. The highest BCUT2D eigenvalue weighted by atomic mass is 35.5. The average Bonchev–Trinajstić information content (AvgIpc) is 2.80. The van der Waals surface area contributed by atoms with Gasteiger partial charge in [-0.25, -0.2) is 18.4 Å². The smallest absolute Gasteiger partial charge is 0.211 e. The van der Waals surface area contributed by atoms with Gasteiger partial charge in [0.2, 0.25) is 10.0 Å². The number of methoxy groups -OCH3 is 1. The molecule has 0 aliphatic carbocycles. The molecule has 0 bridgehead atoms. The minimum Gasteiger partial charge on any atom is -0.378 e. The summed E-state index contributed by atoms with van der Waals surface area (Å²) in [6.07, 6.45) is 1.85. The molecule has 1 fully saturated rings. The van der Waals surface area contributed by atoms with E-state index in [2.05, 4.69) is 4.90 Å². The van der Waals surface area contributed by atoms with Crippen LogP contribution in [0, 0.1) is 0 Å². The van der Waals surface area contributed by atoms with E-state index in [1.165, 1.54) is 10.6 Å². The first kappa shape index (κ1) is 23.6. The van der Waals surface area contributed by atoms with Crippen LogP contribution in [0.15, 0.2) is 54.6 Å². The molecular weight excluding hydrogens is 460 g/mol. The lowest BCUT2D eigenvalue weighted by Crippen LogP contribution is -2.49. The van der Waals surface area contributed by atoms with Crippen molar-refractivity contribution in [3.63, 3.8) is 0 Å². The zero-order valence-electron chi connectivity index (χ0n) is 18.7. The molecular formula is C24H27ClN4O3S. The quantitative estimate of drug-likeness (QED) is 0.507. The molecule has 0 N–H and O–H groups in total. The van der Waals surface area contributed by atoms with E-state index in [0.29, 0.717) is 50.1 Å². The molecule has 0 saturated carbocycles. The van der Waals surface area contributed by atoms with Crippen molar-refractivity contribution in [3.8, 4) is 11.4 Å². The Morgan fingerprint density at radius 2 is 1.73 bits per heavy atom. The van der Waals surface area contributed by atoms with E-state index in [4.69, 9.17) is 26.3 Å². The van der Waals surface area contributed by atoms with Crippen molar-refractivity contribution in [1.29, 1.82) is 0 Å². The van der Waals surface area contributed by atoms with E-state index in [9.17, 15) is 8.42 Å². The third kappa shape index (κ3) is 5.70. The molecule has 3 aromatic rings. The van der Waals surface area contributed by atoms with Crippen molar-refractivity contribution >= 4 is 27.4 Å². The second-order valence-electron chi connectivity index (χ2n) is 8.05. The van der Waals surface area contributed by atoms with E-state index in [1.54, 1.807) is 7.11 Å². The highest BCUT2D eigenvalue weighted by Crippen LogP contribution is 2.30. The van der Waals surface area contributed by atoms with Gasteiger partial charge in [0.1, 0.15) is 5.82 Å². The highest BCUT2D eigenvalue weighted by Gasteiger charge is 2.27. The molecule has 0 amide bonds. The Bertz CT molecular complexity index is 1210. The maximum atomic E-state index is 12.0. The Balaban J connectivity index is 1.79. The monoisotopic (exact) mass is 486 g/mol. The number of nitrogens with zero attached hydrogens (tertiary/aromatic N) is 4. The zero-order valence-corrected chi connectivity index (χ0v) is 20.3. The lowest BCUT2D eigenvalue weighted by atomic mass is 10.0. The number of benzene rings is 2. The maximum absolute atomic E-state index is 12.0. The summed E-state index contributed by atoms with van der Waals surface area (Å²) >= 11 is 6.24. The van der Waals surface area contributed by atoms with Gasteiger partial charge in [-0.2, -0.15) is 4.31 Å². The van der Waals surface area contributed by atoms with Crippen LogP contribution in [-0.4, -0.2) is 62.2 Å². The number of piperazine rings is 1. The number of aromatic nitrogens is 2. The summed E-state index contributed by atoms with van der Waals surface area (Å²) in [5, 5.41) is 0.672. The summed E-state index contributed by atoms with van der Waals surface area (Å²) in [4.78, 5) is 12.0. The van der Waals surface area contributed by atoms with Gasteiger partial charge in [0, 0.05) is 55.9 Å². The van der Waals surface area contributed by atoms with E-state index >= 15 is 0 Å². The van der Waals surface area contributed by atoms with Crippen LogP contribution >= 0.6 is 11.6 Å². The fourth-order valence-corrected chi connectivity index (χ4v) is 5.05. The molecule has 2 aromatic carbocycles. The lowest BCUT2D eigenvalue weighted by molar-refractivity contribution is 0.180. The molecule has 7 nitrogen and oxygen atoms in total. The second-order valence-corrected chi connectivity index (χ2v) is 10.5. The minimum atomic E-state index is -3.22. The van der Waals surface area contributed by atoms with Crippen LogP contribution in [0.1, 0.15) is 16.8 Å². The van der Waals surface area contributed by atoms with Crippen LogP contribution < -0.4 is 4.90 Å². The van der Waals surface area contributed by atoms with Gasteiger partial charge in [-0.3, -0.25) is 0 Å². The Morgan fingerprint density at radius 1 is 1.00 bits per heavy atom. The second kappa shape index (κ2) is 10.2. The molecule has 4 rings (SSSR count). The van der Waals surface area contributed by atoms with Crippen molar-refractivity contribution < 1.29 is 13.2 Å². The molecule has 1 aromatic heterocycles. The molecule has 1 saturated heterocycles. The van der Waals surface area contributed by atoms with Crippen molar-refractivity contribution in [3.05, 3.63) is 76.4 Å². The number of hydrogen-bond acceptors (Lipinski definition) is 6. The van der Waals surface area contributed by atoms with Crippen LogP contribution in [-0.2, 0) is 27.8 Å². The first-order valence-electron chi connectivity index (χ1n) is 10.7. The predicted octanol–water partition coefficient (Wildman–Crippen LogP) is 3.62. The third-order valence-electron chi connectivity index (χ3n) is 5.66. The fourth-order valence-electron chi connectivity index (χ4n) is 4.01. The van der Waals surface area contributed by atoms with E-state index < -0.39 is 10.0 Å². The number of ether oxygens (including phenoxy) is 1. The van der Waals surface area contributed by atoms with Crippen LogP contribution in [0.4, 0.5) is 5.82 Å². The topological polar surface area (TPSA) is 75.6 Å². The first-order valence-corrected chi connectivity index (χ1v) is 13.0. The lowest BCUT2D eigenvalue weighted by Gasteiger charge is -2.35. The number of sulfonamides is 1. The van der Waals surface area contributed by atoms with Crippen molar-refractivity contribution in [2.45, 2.75) is 13.0 Å². The van der Waals surface area contributed by atoms with Gasteiger partial charge >= 0.3 is 0 Å². The van der Waals surface area contributed by atoms with Gasteiger partial charge in [-0.15, -0.1) is 0 Å². The molecule has 33 heavy (non-hydrogen) atoms. The largest absolute Gasteiger partial charge is 0.378 e. The fraction of sp³-hybridized carbons (Fsp3) is 0.333. The molecule has 0 atom stereocenters. The van der Waals surface area contributed by atoms with Gasteiger partial charge in [-0.1, -0.05) is 54.1 Å². The van der Waals surface area contributed by atoms with Gasteiger partial charge in [0.15, 0.2) is 5.82 Å². The van der Waals surface area contributed by atoms with Crippen molar-refractivity contribution in [2.75, 3.05) is 44.4 Å². The van der Waals surface area contributed by atoms with Gasteiger partial charge in [0.25, 0.3) is 0 Å². The van der Waals surface area contributed by atoms with E-state index in [0.717, 1.165) is 28.2 Å². The summed E-state index contributed by atoms with van der Waals surface area (Å²) < 4.78 is 31.0. The number of halogens is 1. The first-order chi connectivity index (χ1) is 15.8. The number of anilines is 1.